The van der Waals surface area contributed by atoms with Crippen molar-refractivity contribution in [3.8, 4) is 11.5 Å². The number of amides is 2. The second-order valence-electron chi connectivity index (χ2n) is 3.83. The van der Waals surface area contributed by atoms with Gasteiger partial charge in [-0.1, -0.05) is 0 Å². The fourth-order valence-electron chi connectivity index (χ4n) is 1.51. The van der Waals surface area contributed by atoms with Gasteiger partial charge >= 0.3 is 11.8 Å². The van der Waals surface area contributed by atoms with Crippen molar-refractivity contribution in [3.05, 3.63) is 30.9 Å². The van der Waals surface area contributed by atoms with Crippen LogP contribution in [0.4, 0.5) is 5.69 Å². The summed E-state index contributed by atoms with van der Waals surface area (Å²) in [6.45, 7) is 0. The number of ether oxygens (including phenoxy) is 2. The predicted octanol–water partition coefficient (Wildman–Crippen LogP) is 0.00410. The van der Waals surface area contributed by atoms with E-state index in [4.69, 9.17) is 9.47 Å². The number of carbonyl (C=O) groups is 2. The molecule has 0 spiro atoms. The summed E-state index contributed by atoms with van der Waals surface area (Å²) in [7, 11) is 2.96. The van der Waals surface area contributed by atoms with Crippen molar-refractivity contribution in [3.63, 3.8) is 0 Å². The Morgan fingerprint density at radius 1 is 1.10 bits per heavy atom. The third-order valence-electron chi connectivity index (χ3n) is 2.51. The summed E-state index contributed by atoms with van der Waals surface area (Å²) in [4.78, 5) is 23.5. The molecule has 0 saturated carbocycles. The second-order valence-corrected chi connectivity index (χ2v) is 3.83. The molecule has 2 N–H and O–H groups in total. The molecule has 1 aromatic heterocycles. The largest absolute Gasteiger partial charge is 0.497 e. The average Bonchev–Trinajstić information content (AvgIpc) is 3.00. The van der Waals surface area contributed by atoms with Crippen LogP contribution in [0.25, 0.3) is 0 Å². The van der Waals surface area contributed by atoms with Gasteiger partial charge in [-0.2, -0.15) is 0 Å². The highest BCUT2D eigenvalue weighted by molar-refractivity contribution is 6.42. The molecule has 21 heavy (non-hydrogen) atoms. The van der Waals surface area contributed by atoms with Gasteiger partial charge in [0.05, 0.1) is 19.9 Å². The predicted molar refractivity (Wildman–Crippen MR) is 72.6 cm³/mol. The number of aromatic nitrogens is 3. The fraction of sp³-hybridized carbons (Fsp3) is 0.167. The van der Waals surface area contributed by atoms with Gasteiger partial charge in [-0.3, -0.25) is 15.0 Å². The molecular weight excluding hydrogens is 278 g/mol. The van der Waals surface area contributed by atoms with E-state index in [2.05, 4.69) is 20.9 Å². The highest BCUT2D eigenvalue weighted by Gasteiger charge is 2.16. The average molecular weight is 291 g/mol. The summed E-state index contributed by atoms with van der Waals surface area (Å²) in [5.74, 6) is -0.779. The Hall–Kier alpha value is -3.10. The van der Waals surface area contributed by atoms with Crippen molar-refractivity contribution in [2.75, 3.05) is 25.0 Å². The van der Waals surface area contributed by atoms with Crippen LogP contribution in [0.15, 0.2) is 30.9 Å². The highest BCUT2D eigenvalue weighted by atomic mass is 16.5. The van der Waals surface area contributed by atoms with Crippen molar-refractivity contribution in [1.29, 1.82) is 0 Å². The third kappa shape index (κ3) is 3.47. The summed E-state index contributed by atoms with van der Waals surface area (Å²) in [5, 5.41) is 9.43. The zero-order valence-corrected chi connectivity index (χ0v) is 11.4. The first-order chi connectivity index (χ1) is 10.1. The zero-order chi connectivity index (χ0) is 15.2. The molecule has 0 bridgehead atoms. The molecule has 0 atom stereocenters. The Balaban J connectivity index is 2.06. The van der Waals surface area contributed by atoms with E-state index in [-0.39, 0.29) is 0 Å². The lowest BCUT2D eigenvalue weighted by Gasteiger charge is -2.11. The van der Waals surface area contributed by atoms with Crippen LogP contribution in [0.5, 0.6) is 11.5 Å². The van der Waals surface area contributed by atoms with E-state index in [0.29, 0.717) is 17.2 Å². The fourth-order valence-corrected chi connectivity index (χ4v) is 1.51. The van der Waals surface area contributed by atoms with Gasteiger partial charge in [-0.15, -0.1) is 10.2 Å². The van der Waals surface area contributed by atoms with Crippen molar-refractivity contribution in [1.82, 2.24) is 14.9 Å². The molecule has 0 unspecified atom stereocenters. The molecule has 0 aliphatic heterocycles. The van der Waals surface area contributed by atoms with E-state index in [1.807, 2.05) is 0 Å². The van der Waals surface area contributed by atoms with Crippen LogP contribution >= 0.6 is 0 Å². The smallest absolute Gasteiger partial charge is 0.328 e. The van der Waals surface area contributed by atoms with E-state index in [1.54, 1.807) is 18.2 Å². The van der Waals surface area contributed by atoms with Crippen LogP contribution in [0.2, 0.25) is 0 Å². The molecular formula is C12H13N5O4. The number of anilines is 1. The molecule has 9 nitrogen and oxygen atoms in total. The van der Waals surface area contributed by atoms with E-state index in [0.717, 1.165) is 4.68 Å². The number of rotatable bonds is 4. The first-order valence-corrected chi connectivity index (χ1v) is 5.83. The number of methoxy groups -OCH3 is 2. The van der Waals surface area contributed by atoms with Gasteiger partial charge in [0, 0.05) is 6.07 Å². The van der Waals surface area contributed by atoms with Gasteiger partial charge in [0.15, 0.2) is 0 Å². The van der Waals surface area contributed by atoms with Crippen LogP contribution in [-0.2, 0) is 9.59 Å². The van der Waals surface area contributed by atoms with E-state index >= 15 is 0 Å². The molecule has 0 radical (unpaired) electrons. The Morgan fingerprint density at radius 2 is 1.81 bits per heavy atom. The minimum absolute atomic E-state index is 0.349. The number of benzene rings is 1. The van der Waals surface area contributed by atoms with Crippen LogP contribution in [-0.4, -0.2) is 40.9 Å². The summed E-state index contributed by atoms with van der Waals surface area (Å²) in [6, 6.07) is 4.80. The maximum absolute atomic E-state index is 11.8. The Labute approximate surface area is 119 Å². The van der Waals surface area contributed by atoms with E-state index < -0.39 is 11.8 Å². The van der Waals surface area contributed by atoms with Gasteiger partial charge in [0.25, 0.3) is 0 Å². The summed E-state index contributed by atoms with van der Waals surface area (Å²) in [6.07, 6.45) is 2.50. The minimum atomic E-state index is -0.868. The Bertz CT molecular complexity index is 641. The molecule has 2 aromatic rings. The van der Waals surface area contributed by atoms with E-state index in [9.17, 15) is 9.59 Å². The molecule has 9 heteroatoms. The first kappa shape index (κ1) is 14.3. The SMILES string of the molecule is COc1ccc(NC(=O)C(=O)Nn2cnnc2)c(OC)c1. The monoisotopic (exact) mass is 291 g/mol. The van der Waals surface area contributed by atoms with Crippen LogP contribution in [0.1, 0.15) is 0 Å². The van der Waals surface area contributed by atoms with Crippen molar-refractivity contribution in [2.24, 2.45) is 0 Å². The standard InChI is InChI=1S/C12H13N5O4/c1-20-8-3-4-9(10(5-8)21-2)15-11(18)12(19)16-17-6-13-14-7-17/h3-7H,1-2H3,(H,15,18)(H,16,19). The number of hydrogen-bond donors (Lipinski definition) is 2. The number of carbonyl (C=O) groups excluding carboxylic acids is 2. The van der Waals surface area contributed by atoms with Crippen molar-refractivity contribution >= 4 is 17.5 Å². The lowest BCUT2D eigenvalue weighted by molar-refractivity contribution is -0.133. The zero-order valence-electron chi connectivity index (χ0n) is 11.4. The van der Waals surface area contributed by atoms with Gasteiger partial charge in [0.1, 0.15) is 24.2 Å². The summed E-state index contributed by atoms with van der Waals surface area (Å²) >= 11 is 0. The molecule has 0 aliphatic carbocycles. The van der Waals surface area contributed by atoms with Gasteiger partial charge < -0.3 is 14.8 Å². The molecule has 1 heterocycles. The maximum Gasteiger partial charge on any atom is 0.328 e. The van der Waals surface area contributed by atoms with E-state index in [1.165, 1.54) is 26.9 Å². The van der Waals surface area contributed by atoms with Crippen molar-refractivity contribution in [2.45, 2.75) is 0 Å². The topological polar surface area (TPSA) is 107 Å². The van der Waals surface area contributed by atoms with Gasteiger partial charge in [0.2, 0.25) is 0 Å². The first-order valence-electron chi connectivity index (χ1n) is 5.83. The quantitative estimate of drug-likeness (QED) is 0.768. The molecule has 2 amide bonds. The highest BCUT2D eigenvalue weighted by Crippen LogP contribution is 2.28. The number of hydrogen-bond acceptors (Lipinski definition) is 6. The molecule has 110 valence electrons. The van der Waals surface area contributed by atoms with Gasteiger partial charge in [-0.05, 0) is 12.1 Å². The molecule has 2 rings (SSSR count). The Kier molecular flexibility index (Phi) is 4.34. The normalized spacial score (nSPS) is 9.81. The lowest BCUT2D eigenvalue weighted by Crippen LogP contribution is -2.33. The molecule has 0 saturated heterocycles. The van der Waals surface area contributed by atoms with Crippen LogP contribution < -0.4 is 20.2 Å². The van der Waals surface area contributed by atoms with Gasteiger partial charge in [-0.25, -0.2) is 4.68 Å². The third-order valence-corrected chi connectivity index (χ3v) is 2.51. The number of nitrogens with one attached hydrogen (secondary N) is 2. The van der Waals surface area contributed by atoms with Crippen LogP contribution in [0.3, 0.4) is 0 Å². The lowest BCUT2D eigenvalue weighted by atomic mass is 10.2. The maximum atomic E-state index is 11.8. The molecule has 1 aromatic carbocycles. The summed E-state index contributed by atoms with van der Waals surface area (Å²) < 4.78 is 11.3. The second kappa shape index (κ2) is 6.37. The summed E-state index contributed by atoms with van der Waals surface area (Å²) in [5.41, 5.74) is 2.63. The minimum Gasteiger partial charge on any atom is -0.497 e. The Morgan fingerprint density at radius 3 is 2.43 bits per heavy atom. The number of nitrogens with zero attached hydrogens (tertiary/aromatic N) is 3. The molecule has 0 fully saturated rings. The molecule has 0 aliphatic rings. The van der Waals surface area contributed by atoms with Crippen LogP contribution in [0, 0.1) is 0 Å². The van der Waals surface area contributed by atoms with Crippen molar-refractivity contribution < 1.29 is 19.1 Å².